The summed E-state index contributed by atoms with van der Waals surface area (Å²) in [5, 5.41) is 8.48. The van der Waals surface area contributed by atoms with Crippen LogP contribution in [0.1, 0.15) is 12.8 Å². The van der Waals surface area contributed by atoms with Crippen LogP contribution in [0.3, 0.4) is 0 Å². The van der Waals surface area contributed by atoms with E-state index in [1.54, 1.807) is 0 Å². The highest BCUT2D eigenvalue weighted by molar-refractivity contribution is 6.03. The van der Waals surface area contributed by atoms with Gasteiger partial charge < -0.3 is 10.6 Å². The van der Waals surface area contributed by atoms with E-state index in [1.165, 1.54) is 0 Å². The minimum absolute atomic E-state index is 0.0380. The Hall–Kier alpha value is -1.87. The molecule has 0 spiro atoms. The molecule has 1 heterocycles. The predicted molar refractivity (Wildman–Crippen MR) is 73.6 cm³/mol. The maximum Gasteiger partial charge on any atom is 0.241 e. The summed E-state index contributed by atoms with van der Waals surface area (Å²) in [6, 6.07) is 14.0. The molecule has 2 aromatic rings. The van der Waals surface area contributed by atoms with Crippen LogP contribution in [-0.2, 0) is 4.79 Å². The van der Waals surface area contributed by atoms with E-state index in [4.69, 9.17) is 0 Å². The molecule has 3 nitrogen and oxygen atoms in total. The molecule has 2 aromatic carbocycles. The fraction of sp³-hybridized carbons (Fsp3) is 0.267. The summed E-state index contributed by atoms with van der Waals surface area (Å²) in [5.74, 6) is 0.0730. The summed E-state index contributed by atoms with van der Waals surface area (Å²) in [4.78, 5) is 12.1. The first-order valence-corrected chi connectivity index (χ1v) is 6.36. The van der Waals surface area contributed by atoms with Crippen molar-refractivity contribution < 1.29 is 4.79 Å². The zero-order chi connectivity index (χ0) is 12.4. The molecule has 1 aliphatic heterocycles. The van der Waals surface area contributed by atoms with E-state index in [2.05, 4.69) is 22.8 Å². The molecule has 1 saturated heterocycles. The van der Waals surface area contributed by atoms with Crippen LogP contribution in [-0.4, -0.2) is 18.5 Å². The Morgan fingerprint density at radius 2 is 2.00 bits per heavy atom. The first kappa shape index (κ1) is 11.2. The number of nitrogens with one attached hydrogen (secondary N) is 2. The molecule has 0 saturated carbocycles. The van der Waals surface area contributed by atoms with Gasteiger partial charge in [0, 0.05) is 11.1 Å². The van der Waals surface area contributed by atoms with Crippen molar-refractivity contribution in [2.45, 2.75) is 18.9 Å². The average molecular weight is 240 g/mol. The normalized spacial score (nSPS) is 19.0. The Labute approximate surface area is 106 Å². The van der Waals surface area contributed by atoms with Crippen molar-refractivity contribution in [2.24, 2.45) is 0 Å². The van der Waals surface area contributed by atoms with Crippen LogP contribution >= 0.6 is 0 Å². The van der Waals surface area contributed by atoms with Gasteiger partial charge in [0.1, 0.15) is 0 Å². The Bertz CT molecular complexity index is 568. The molecule has 3 heteroatoms. The Morgan fingerprint density at radius 1 is 1.17 bits per heavy atom. The van der Waals surface area contributed by atoms with E-state index in [9.17, 15) is 4.79 Å². The first-order valence-electron chi connectivity index (χ1n) is 6.36. The molecule has 3 rings (SSSR count). The monoisotopic (exact) mass is 240 g/mol. The molecule has 0 aromatic heterocycles. The van der Waals surface area contributed by atoms with E-state index in [0.717, 1.165) is 35.8 Å². The maximum atomic E-state index is 12.1. The molecule has 0 aliphatic carbocycles. The van der Waals surface area contributed by atoms with Gasteiger partial charge in [0.15, 0.2) is 0 Å². The summed E-state index contributed by atoms with van der Waals surface area (Å²) in [5.41, 5.74) is 0.895. The third-order valence-electron chi connectivity index (χ3n) is 3.42. The summed E-state index contributed by atoms with van der Waals surface area (Å²) in [6.45, 7) is 0.938. The molecule has 1 amide bonds. The van der Waals surface area contributed by atoms with Crippen molar-refractivity contribution in [3.63, 3.8) is 0 Å². The lowest BCUT2D eigenvalue weighted by atomic mass is 10.1. The van der Waals surface area contributed by atoms with Crippen LogP contribution in [0.15, 0.2) is 42.5 Å². The van der Waals surface area contributed by atoms with Gasteiger partial charge in [-0.2, -0.15) is 0 Å². The van der Waals surface area contributed by atoms with Crippen LogP contribution in [0.5, 0.6) is 0 Å². The number of hydrogen-bond acceptors (Lipinski definition) is 2. The van der Waals surface area contributed by atoms with E-state index in [1.807, 2.05) is 30.3 Å². The lowest BCUT2D eigenvalue weighted by Crippen LogP contribution is -2.35. The van der Waals surface area contributed by atoms with Gasteiger partial charge in [0.2, 0.25) is 5.91 Å². The molecule has 1 atom stereocenters. The van der Waals surface area contributed by atoms with Crippen molar-refractivity contribution in [3.05, 3.63) is 42.5 Å². The van der Waals surface area contributed by atoms with Gasteiger partial charge in [0.25, 0.3) is 0 Å². The molecule has 18 heavy (non-hydrogen) atoms. The van der Waals surface area contributed by atoms with Crippen LogP contribution in [0.2, 0.25) is 0 Å². The molecule has 92 valence electrons. The summed E-state index contributed by atoms with van der Waals surface area (Å²) in [6.07, 6.45) is 2.00. The second-order valence-electron chi connectivity index (χ2n) is 4.66. The number of fused-ring (bicyclic) bond motifs is 1. The number of hydrogen-bond donors (Lipinski definition) is 2. The molecule has 0 radical (unpaired) electrons. The van der Waals surface area contributed by atoms with Crippen molar-refractivity contribution in [2.75, 3.05) is 11.9 Å². The Balaban J connectivity index is 1.88. The van der Waals surface area contributed by atoms with E-state index in [-0.39, 0.29) is 11.9 Å². The van der Waals surface area contributed by atoms with Gasteiger partial charge in [-0.25, -0.2) is 0 Å². The largest absolute Gasteiger partial charge is 0.324 e. The lowest BCUT2D eigenvalue weighted by molar-refractivity contribution is -0.117. The van der Waals surface area contributed by atoms with Crippen LogP contribution in [0.4, 0.5) is 5.69 Å². The van der Waals surface area contributed by atoms with E-state index in [0.29, 0.717) is 0 Å². The first-order chi connectivity index (χ1) is 8.84. The smallest absolute Gasteiger partial charge is 0.241 e. The van der Waals surface area contributed by atoms with Crippen molar-refractivity contribution in [3.8, 4) is 0 Å². The highest BCUT2D eigenvalue weighted by Gasteiger charge is 2.22. The topological polar surface area (TPSA) is 41.1 Å². The van der Waals surface area contributed by atoms with Crippen LogP contribution in [0.25, 0.3) is 10.8 Å². The summed E-state index contributed by atoms with van der Waals surface area (Å²) < 4.78 is 0. The quantitative estimate of drug-likeness (QED) is 0.847. The van der Waals surface area contributed by atoms with Gasteiger partial charge in [0.05, 0.1) is 6.04 Å². The highest BCUT2D eigenvalue weighted by atomic mass is 16.2. The molecular weight excluding hydrogens is 224 g/mol. The van der Waals surface area contributed by atoms with Crippen molar-refractivity contribution >= 4 is 22.4 Å². The zero-order valence-electron chi connectivity index (χ0n) is 10.1. The number of carbonyl (C=O) groups is 1. The van der Waals surface area contributed by atoms with E-state index < -0.39 is 0 Å². The fourth-order valence-corrected chi connectivity index (χ4v) is 2.46. The summed E-state index contributed by atoms with van der Waals surface area (Å²) in [7, 11) is 0. The molecule has 1 aliphatic rings. The molecule has 0 unspecified atom stereocenters. The lowest BCUT2D eigenvalue weighted by Gasteiger charge is -2.12. The fourth-order valence-electron chi connectivity index (χ4n) is 2.46. The minimum Gasteiger partial charge on any atom is -0.324 e. The van der Waals surface area contributed by atoms with Crippen molar-refractivity contribution in [1.82, 2.24) is 5.32 Å². The maximum absolute atomic E-state index is 12.1. The Morgan fingerprint density at radius 3 is 2.83 bits per heavy atom. The second-order valence-corrected chi connectivity index (χ2v) is 4.66. The van der Waals surface area contributed by atoms with Gasteiger partial charge in [-0.1, -0.05) is 36.4 Å². The van der Waals surface area contributed by atoms with Gasteiger partial charge in [-0.05, 0) is 30.8 Å². The molecular formula is C15H16N2O. The Kier molecular flexibility index (Phi) is 2.99. The zero-order valence-corrected chi connectivity index (χ0v) is 10.1. The van der Waals surface area contributed by atoms with Crippen LogP contribution in [0, 0.1) is 0 Å². The highest BCUT2D eigenvalue weighted by Crippen LogP contribution is 2.23. The van der Waals surface area contributed by atoms with E-state index >= 15 is 0 Å². The third-order valence-corrected chi connectivity index (χ3v) is 3.42. The molecule has 2 N–H and O–H groups in total. The number of benzene rings is 2. The number of rotatable bonds is 2. The van der Waals surface area contributed by atoms with Gasteiger partial charge >= 0.3 is 0 Å². The second kappa shape index (κ2) is 4.78. The number of anilines is 1. The van der Waals surface area contributed by atoms with Gasteiger partial charge in [-0.3, -0.25) is 4.79 Å². The van der Waals surface area contributed by atoms with Crippen molar-refractivity contribution in [1.29, 1.82) is 0 Å². The molecule has 1 fully saturated rings. The number of amides is 1. The minimum atomic E-state index is -0.0380. The molecule has 0 bridgehead atoms. The van der Waals surface area contributed by atoms with Crippen LogP contribution < -0.4 is 10.6 Å². The predicted octanol–water partition coefficient (Wildman–Crippen LogP) is 2.53. The number of carbonyl (C=O) groups excluding carboxylic acids is 1. The van der Waals surface area contributed by atoms with Gasteiger partial charge in [-0.15, -0.1) is 0 Å². The SMILES string of the molecule is O=C(Nc1cccc2ccccc12)[C@H]1CCCN1. The third kappa shape index (κ3) is 2.09. The average Bonchev–Trinajstić information content (AvgIpc) is 2.93. The standard InChI is InChI=1S/C15H16N2O/c18-15(14-9-4-10-16-14)17-13-8-3-6-11-5-1-2-7-12(11)13/h1-3,5-8,14,16H,4,9-10H2,(H,17,18)/t14-/m1/s1. The summed E-state index contributed by atoms with van der Waals surface area (Å²) >= 11 is 0.